The minimum Gasteiger partial charge on any atom is -0.488 e. The molecule has 0 bridgehead atoms. The summed E-state index contributed by atoms with van der Waals surface area (Å²) >= 11 is 0. The number of nitrogens with zero attached hydrogens (tertiary/aromatic N) is 2. The molecule has 26 heavy (non-hydrogen) atoms. The minimum atomic E-state index is -0.645. The number of halogens is 2. The summed E-state index contributed by atoms with van der Waals surface area (Å²) in [6, 6.07) is 8.44. The first-order valence-corrected chi connectivity index (χ1v) is 8.19. The van der Waals surface area contributed by atoms with Gasteiger partial charge in [0.1, 0.15) is 18.5 Å². The lowest BCUT2D eigenvalue weighted by molar-refractivity contribution is -0.134. The molecule has 1 unspecified atom stereocenters. The van der Waals surface area contributed by atoms with E-state index in [-0.39, 0.29) is 18.3 Å². The summed E-state index contributed by atoms with van der Waals surface area (Å²) in [5, 5.41) is 0. The van der Waals surface area contributed by atoms with Gasteiger partial charge in [0.15, 0.2) is 11.6 Å². The van der Waals surface area contributed by atoms with Crippen LogP contribution in [0.1, 0.15) is 5.69 Å². The number of benzene rings is 1. The topological polar surface area (TPSA) is 51.7 Å². The van der Waals surface area contributed by atoms with Gasteiger partial charge in [-0.05, 0) is 30.3 Å². The fraction of sp³-hybridized carbons (Fsp3) is 0.263. The lowest BCUT2D eigenvalue weighted by Gasteiger charge is -2.32. The highest BCUT2D eigenvalue weighted by Gasteiger charge is 2.24. The first-order chi connectivity index (χ1) is 12.6. The van der Waals surface area contributed by atoms with E-state index >= 15 is 0 Å². The van der Waals surface area contributed by atoms with Crippen LogP contribution in [-0.4, -0.2) is 48.2 Å². The zero-order valence-electron chi connectivity index (χ0n) is 14.0. The van der Waals surface area contributed by atoms with Crippen molar-refractivity contribution < 1.29 is 23.0 Å². The SMILES string of the molecule is O=C(/C=C/c1ccccn1)N1CCOC(COc2cc(F)ccc2F)C1. The van der Waals surface area contributed by atoms with Crippen molar-refractivity contribution in [1.29, 1.82) is 0 Å². The largest absolute Gasteiger partial charge is 0.488 e. The first kappa shape index (κ1) is 18.0. The highest BCUT2D eigenvalue weighted by Crippen LogP contribution is 2.19. The molecule has 1 fully saturated rings. The molecule has 7 heteroatoms. The zero-order chi connectivity index (χ0) is 18.4. The monoisotopic (exact) mass is 360 g/mol. The Hall–Kier alpha value is -2.80. The fourth-order valence-electron chi connectivity index (χ4n) is 2.53. The van der Waals surface area contributed by atoms with E-state index in [2.05, 4.69) is 4.98 Å². The molecule has 1 aromatic carbocycles. The molecule has 136 valence electrons. The second-order valence-corrected chi connectivity index (χ2v) is 5.75. The van der Waals surface area contributed by atoms with Gasteiger partial charge < -0.3 is 14.4 Å². The molecule has 3 rings (SSSR count). The van der Waals surface area contributed by atoms with E-state index in [1.165, 1.54) is 6.08 Å². The normalized spacial score (nSPS) is 17.5. The van der Waals surface area contributed by atoms with Crippen molar-refractivity contribution in [3.05, 3.63) is 66.0 Å². The van der Waals surface area contributed by atoms with Crippen molar-refractivity contribution >= 4 is 12.0 Å². The van der Waals surface area contributed by atoms with Gasteiger partial charge in [-0.1, -0.05) is 6.07 Å². The Kier molecular flexibility index (Phi) is 5.91. The smallest absolute Gasteiger partial charge is 0.246 e. The Bertz CT molecular complexity index is 784. The summed E-state index contributed by atoms with van der Waals surface area (Å²) in [6.07, 6.45) is 4.33. The molecule has 1 aliphatic rings. The third kappa shape index (κ3) is 4.86. The molecule has 1 amide bonds. The van der Waals surface area contributed by atoms with Crippen LogP contribution in [0.15, 0.2) is 48.7 Å². The summed E-state index contributed by atoms with van der Waals surface area (Å²) in [4.78, 5) is 18.0. The quantitative estimate of drug-likeness (QED) is 0.770. The van der Waals surface area contributed by atoms with E-state index in [1.807, 2.05) is 6.07 Å². The molecule has 1 saturated heterocycles. The van der Waals surface area contributed by atoms with Crippen LogP contribution >= 0.6 is 0 Å². The van der Waals surface area contributed by atoms with Gasteiger partial charge in [-0.15, -0.1) is 0 Å². The van der Waals surface area contributed by atoms with Crippen LogP contribution in [0.25, 0.3) is 6.08 Å². The van der Waals surface area contributed by atoms with Crippen LogP contribution < -0.4 is 4.74 Å². The van der Waals surface area contributed by atoms with Crippen molar-refractivity contribution in [2.24, 2.45) is 0 Å². The maximum Gasteiger partial charge on any atom is 0.246 e. The molecule has 0 N–H and O–H groups in total. The Balaban J connectivity index is 1.54. The summed E-state index contributed by atoms with van der Waals surface area (Å²) < 4.78 is 37.6. The van der Waals surface area contributed by atoms with Gasteiger partial charge in [0, 0.05) is 24.9 Å². The lowest BCUT2D eigenvalue weighted by Crippen LogP contribution is -2.47. The highest BCUT2D eigenvalue weighted by atomic mass is 19.1. The Morgan fingerprint density at radius 2 is 2.23 bits per heavy atom. The number of pyridine rings is 1. The summed E-state index contributed by atoms with van der Waals surface area (Å²) in [7, 11) is 0. The van der Waals surface area contributed by atoms with Crippen LogP contribution in [0.5, 0.6) is 5.75 Å². The molecule has 0 saturated carbocycles. The van der Waals surface area contributed by atoms with E-state index in [4.69, 9.17) is 9.47 Å². The number of carbonyl (C=O) groups is 1. The van der Waals surface area contributed by atoms with E-state index in [0.29, 0.717) is 25.4 Å². The van der Waals surface area contributed by atoms with Crippen molar-refractivity contribution in [2.45, 2.75) is 6.10 Å². The summed E-state index contributed by atoms with van der Waals surface area (Å²) in [6.45, 7) is 1.13. The Morgan fingerprint density at radius 3 is 3.04 bits per heavy atom. The third-order valence-corrected chi connectivity index (χ3v) is 3.85. The molecule has 2 heterocycles. The van der Waals surface area contributed by atoms with Gasteiger partial charge >= 0.3 is 0 Å². The number of carbonyl (C=O) groups excluding carboxylic acids is 1. The molecular formula is C19H18F2N2O3. The summed E-state index contributed by atoms with van der Waals surface area (Å²) in [5.41, 5.74) is 0.690. The molecule has 1 aromatic heterocycles. The maximum atomic E-state index is 13.6. The van der Waals surface area contributed by atoms with Crippen LogP contribution in [0.4, 0.5) is 8.78 Å². The van der Waals surface area contributed by atoms with Crippen LogP contribution in [0, 0.1) is 11.6 Å². The van der Waals surface area contributed by atoms with E-state index in [1.54, 1.807) is 29.3 Å². The number of hydrogen-bond acceptors (Lipinski definition) is 4. The van der Waals surface area contributed by atoms with E-state index in [0.717, 1.165) is 18.2 Å². The lowest BCUT2D eigenvalue weighted by atomic mass is 10.2. The van der Waals surface area contributed by atoms with Gasteiger partial charge in [0.25, 0.3) is 0 Å². The average molecular weight is 360 g/mol. The zero-order valence-corrected chi connectivity index (χ0v) is 14.0. The predicted molar refractivity (Wildman–Crippen MR) is 91.4 cm³/mol. The van der Waals surface area contributed by atoms with Crippen LogP contribution in [-0.2, 0) is 9.53 Å². The highest BCUT2D eigenvalue weighted by molar-refractivity contribution is 5.91. The molecule has 5 nitrogen and oxygen atoms in total. The first-order valence-electron chi connectivity index (χ1n) is 8.19. The number of amides is 1. The maximum absolute atomic E-state index is 13.6. The van der Waals surface area contributed by atoms with E-state index in [9.17, 15) is 13.6 Å². The summed E-state index contributed by atoms with van der Waals surface area (Å²) in [5.74, 6) is -1.57. The molecule has 0 radical (unpaired) electrons. The molecule has 0 aliphatic carbocycles. The minimum absolute atomic E-state index is 0.0219. The van der Waals surface area contributed by atoms with Gasteiger partial charge in [-0.2, -0.15) is 0 Å². The van der Waals surface area contributed by atoms with Crippen LogP contribution in [0.3, 0.4) is 0 Å². The van der Waals surface area contributed by atoms with Gasteiger partial charge in [0.05, 0.1) is 18.8 Å². The molecule has 1 aliphatic heterocycles. The average Bonchev–Trinajstić information content (AvgIpc) is 2.68. The Labute approximate surface area is 149 Å². The van der Waals surface area contributed by atoms with Gasteiger partial charge in [0.2, 0.25) is 5.91 Å². The number of hydrogen-bond donors (Lipinski definition) is 0. The second-order valence-electron chi connectivity index (χ2n) is 5.75. The molecule has 0 spiro atoms. The number of aromatic nitrogens is 1. The molecule has 2 aromatic rings. The number of rotatable bonds is 5. The van der Waals surface area contributed by atoms with Gasteiger partial charge in [-0.3, -0.25) is 9.78 Å². The number of morpholine rings is 1. The van der Waals surface area contributed by atoms with Crippen molar-refractivity contribution in [3.8, 4) is 5.75 Å². The molecular weight excluding hydrogens is 342 g/mol. The second kappa shape index (κ2) is 8.53. The van der Waals surface area contributed by atoms with Crippen molar-refractivity contribution in [2.75, 3.05) is 26.3 Å². The molecule has 1 atom stereocenters. The predicted octanol–water partition coefficient (Wildman–Crippen LogP) is 2.68. The van der Waals surface area contributed by atoms with E-state index < -0.39 is 17.7 Å². The fourth-order valence-corrected chi connectivity index (χ4v) is 2.53. The van der Waals surface area contributed by atoms with Crippen LogP contribution in [0.2, 0.25) is 0 Å². The van der Waals surface area contributed by atoms with Gasteiger partial charge in [-0.25, -0.2) is 8.78 Å². The van der Waals surface area contributed by atoms with Crippen molar-refractivity contribution in [3.63, 3.8) is 0 Å². The Morgan fingerprint density at radius 1 is 1.35 bits per heavy atom. The standard InChI is InChI=1S/C19H18F2N2O3/c20-14-4-6-17(21)18(11-14)26-13-16-12-23(9-10-25-16)19(24)7-5-15-3-1-2-8-22-15/h1-8,11,16H,9-10,12-13H2/b7-5+. The number of ether oxygens (including phenoxy) is 2. The van der Waals surface area contributed by atoms with Crippen molar-refractivity contribution in [1.82, 2.24) is 9.88 Å². The third-order valence-electron chi connectivity index (χ3n) is 3.85.